The van der Waals surface area contributed by atoms with Gasteiger partial charge in [0.1, 0.15) is 17.0 Å². The fourth-order valence-electron chi connectivity index (χ4n) is 3.39. The number of rotatable bonds is 4. The van der Waals surface area contributed by atoms with Crippen molar-refractivity contribution in [3.05, 3.63) is 66.5 Å². The van der Waals surface area contributed by atoms with E-state index < -0.39 is 0 Å². The van der Waals surface area contributed by atoms with Gasteiger partial charge in [0.2, 0.25) is 0 Å². The molecule has 9 heteroatoms. The van der Waals surface area contributed by atoms with E-state index in [1.54, 1.807) is 17.1 Å². The normalized spacial score (nSPS) is 11.3. The highest BCUT2D eigenvalue weighted by Gasteiger charge is 2.19. The van der Waals surface area contributed by atoms with Crippen LogP contribution < -0.4 is 5.73 Å². The number of hydrogen-bond donors (Lipinski definition) is 1. The Morgan fingerprint density at radius 3 is 2.57 bits per heavy atom. The third-order valence-electron chi connectivity index (χ3n) is 4.91. The minimum atomic E-state index is 0.405. The Balaban J connectivity index is 1.80. The smallest absolute Gasteiger partial charge is 0.165 e. The van der Waals surface area contributed by atoms with E-state index in [9.17, 15) is 0 Å². The van der Waals surface area contributed by atoms with Crippen LogP contribution in [0.15, 0.2) is 60.9 Å². The monoisotopic (exact) mass is 416 g/mol. The van der Waals surface area contributed by atoms with Gasteiger partial charge in [0.25, 0.3) is 0 Å². The molecule has 0 spiro atoms. The first-order chi connectivity index (χ1) is 14.7. The van der Waals surface area contributed by atoms with Crippen LogP contribution >= 0.6 is 11.6 Å². The van der Waals surface area contributed by atoms with E-state index in [1.165, 1.54) is 0 Å². The number of alkyl halides is 1. The summed E-state index contributed by atoms with van der Waals surface area (Å²) >= 11 is 5.97. The molecule has 0 amide bonds. The van der Waals surface area contributed by atoms with Crippen LogP contribution in [0.2, 0.25) is 0 Å². The topological polar surface area (TPSA) is 100 Å². The molecule has 2 N–H and O–H groups in total. The summed E-state index contributed by atoms with van der Waals surface area (Å²) in [6.45, 7) is 0. The first-order valence-electron chi connectivity index (χ1n) is 9.26. The molecule has 0 saturated heterocycles. The Morgan fingerprint density at radius 1 is 1.03 bits per heavy atom. The molecular formula is C21H17ClN8. The highest BCUT2D eigenvalue weighted by molar-refractivity contribution is 6.17. The summed E-state index contributed by atoms with van der Waals surface area (Å²) in [6.07, 6.45) is 3.34. The van der Waals surface area contributed by atoms with Gasteiger partial charge in [-0.2, -0.15) is 0 Å². The highest BCUT2D eigenvalue weighted by Crippen LogP contribution is 2.31. The van der Waals surface area contributed by atoms with Crippen molar-refractivity contribution >= 4 is 28.6 Å². The van der Waals surface area contributed by atoms with Crippen LogP contribution in [0, 0.1) is 0 Å². The van der Waals surface area contributed by atoms with Gasteiger partial charge in [0, 0.05) is 24.8 Å². The molecule has 0 aliphatic heterocycles. The molecule has 4 heterocycles. The standard InChI is InChI=1S/C21H17ClN8/c1-29-18(12-25-28-29)16-8-9-17-21(26-16)30(14-6-4-13(11-22)5-7-14)20(27-17)15-3-2-10-24-19(15)23/h2-10,12H,11H2,1H3,(H2,23,24). The van der Waals surface area contributed by atoms with E-state index in [0.717, 1.165) is 33.7 Å². The van der Waals surface area contributed by atoms with E-state index in [2.05, 4.69) is 15.3 Å². The van der Waals surface area contributed by atoms with Crippen LogP contribution in [0.25, 0.3) is 39.6 Å². The van der Waals surface area contributed by atoms with Crippen LogP contribution in [0.3, 0.4) is 0 Å². The van der Waals surface area contributed by atoms with Crippen molar-refractivity contribution < 1.29 is 0 Å². The molecule has 0 saturated carbocycles. The maximum atomic E-state index is 6.17. The van der Waals surface area contributed by atoms with Crippen molar-refractivity contribution in [3.63, 3.8) is 0 Å². The maximum Gasteiger partial charge on any atom is 0.165 e. The van der Waals surface area contributed by atoms with Gasteiger partial charge in [0.15, 0.2) is 11.5 Å². The zero-order chi connectivity index (χ0) is 20.7. The summed E-state index contributed by atoms with van der Waals surface area (Å²) in [6, 6.07) is 15.5. The molecule has 8 nitrogen and oxygen atoms in total. The van der Waals surface area contributed by atoms with Gasteiger partial charge >= 0.3 is 0 Å². The number of hydrogen-bond acceptors (Lipinski definition) is 6. The number of aromatic nitrogens is 7. The number of nitrogen functional groups attached to an aromatic ring is 1. The van der Waals surface area contributed by atoms with Crippen molar-refractivity contribution in [1.29, 1.82) is 0 Å². The molecule has 0 atom stereocenters. The summed E-state index contributed by atoms with van der Waals surface area (Å²) in [5, 5.41) is 7.96. The second kappa shape index (κ2) is 7.23. The molecule has 1 aromatic carbocycles. The predicted octanol–water partition coefficient (Wildman–Crippen LogP) is 3.60. The number of imidazole rings is 1. The molecule has 30 heavy (non-hydrogen) atoms. The second-order valence-corrected chi connectivity index (χ2v) is 7.06. The number of halogens is 1. The minimum absolute atomic E-state index is 0.405. The zero-order valence-corrected chi connectivity index (χ0v) is 16.8. The van der Waals surface area contributed by atoms with E-state index in [4.69, 9.17) is 27.3 Å². The van der Waals surface area contributed by atoms with Gasteiger partial charge in [0.05, 0.1) is 17.5 Å². The fraction of sp³-hybridized carbons (Fsp3) is 0.0952. The Hall–Kier alpha value is -3.78. The summed E-state index contributed by atoms with van der Waals surface area (Å²) in [7, 11) is 1.83. The summed E-state index contributed by atoms with van der Waals surface area (Å²) in [5.74, 6) is 1.52. The molecule has 0 unspecified atom stereocenters. The van der Waals surface area contributed by atoms with E-state index >= 15 is 0 Å². The van der Waals surface area contributed by atoms with Crippen LogP contribution in [0.4, 0.5) is 5.82 Å². The van der Waals surface area contributed by atoms with Crippen molar-refractivity contribution in [2.45, 2.75) is 5.88 Å². The molecule has 0 fully saturated rings. The average molecular weight is 417 g/mol. The molecule has 0 aliphatic carbocycles. The van der Waals surface area contributed by atoms with Crippen LogP contribution in [0.1, 0.15) is 5.56 Å². The van der Waals surface area contributed by atoms with Crippen molar-refractivity contribution in [2.75, 3.05) is 5.73 Å². The first-order valence-corrected chi connectivity index (χ1v) is 9.80. The summed E-state index contributed by atoms with van der Waals surface area (Å²) in [5.41, 5.74) is 11.8. The fourth-order valence-corrected chi connectivity index (χ4v) is 3.57. The zero-order valence-electron chi connectivity index (χ0n) is 16.1. The van der Waals surface area contributed by atoms with Gasteiger partial charge in [-0.15, -0.1) is 16.7 Å². The molecule has 0 bridgehead atoms. The van der Waals surface area contributed by atoms with Gasteiger partial charge in [-0.05, 0) is 42.0 Å². The Morgan fingerprint density at radius 2 is 1.87 bits per heavy atom. The number of benzene rings is 1. The predicted molar refractivity (Wildman–Crippen MR) is 116 cm³/mol. The van der Waals surface area contributed by atoms with E-state index in [-0.39, 0.29) is 0 Å². The molecule has 5 rings (SSSR count). The van der Waals surface area contributed by atoms with E-state index in [1.807, 2.05) is 60.1 Å². The Bertz CT molecular complexity index is 1350. The quantitative estimate of drug-likeness (QED) is 0.449. The van der Waals surface area contributed by atoms with Crippen molar-refractivity contribution in [2.24, 2.45) is 7.05 Å². The third kappa shape index (κ3) is 2.98. The number of aryl methyl sites for hydroxylation is 1. The molecule has 148 valence electrons. The lowest BCUT2D eigenvalue weighted by molar-refractivity contribution is 0.719. The van der Waals surface area contributed by atoms with Gasteiger partial charge in [-0.1, -0.05) is 17.3 Å². The van der Waals surface area contributed by atoms with E-state index in [0.29, 0.717) is 23.2 Å². The molecule has 0 radical (unpaired) electrons. The average Bonchev–Trinajstić information content (AvgIpc) is 3.37. The van der Waals surface area contributed by atoms with Gasteiger partial charge < -0.3 is 5.73 Å². The molecule has 0 aliphatic rings. The highest BCUT2D eigenvalue weighted by atomic mass is 35.5. The van der Waals surface area contributed by atoms with Crippen LogP contribution in [-0.4, -0.2) is 34.5 Å². The van der Waals surface area contributed by atoms with Crippen molar-refractivity contribution in [3.8, 4) is 28.5 Å². The van der Waals surface area contributed by atoms with Crippen molar-refractivity contribution in [1.82, 2.24) is 34.5 Å². The molecule has 4 aromatic heterocycles. The van der Waals surface area contributed by atoms with Crippen LogP contribution in [-0.2, 0) is 12.9 Å². The Kier molecular flexibility index (Phi) is 4.40. The number of fused-ring (bicyclic) bond motifs is 1. The minimum Gasteiger partial charge on any atom is -0.383 e. The largest absolute Gasteiger partial charge is 0.383 e. The lowest BCUT2D eigenvalue weighted by Crippen LogP contribution is -2.02. The summed E-state index contributed by atoms with van der Waals surface area (Å²) in [4.78, 5) is 13.9. The number of anilines is 1. The first kappa shape index (κ1) is 18.3. The lowest BCUT2D eigenvalue weighted by Gasteiger charge is -2.11. The number of nitrogens with two attached hydrogens (primary N) is 1. The number of nitrogens with zero attached hydrogens (tertiary/aromatic N) is 7. The Labute approximate surface area is 177 Å². The second-order valence-electron chi connectivity index (χ2n) is 6.79. The summed E-state index contributed by atoms with van der Waals surface area (Å²) < 4.78 is 3.66. The van der Waals surface area contributed by atoms with Gasteiger partial charge in [-0.25, -0.2) is 19.6 Å². The van der Waals surface area contributed by atoms with Crippen LogP contribution in [0.5, 0.6) is 0 Å². The maximum absolute atomic E-state index is 6.17. The molecule has 5 aromatic rings. The number of pyridine rings is 2. The van der Waals surface area contributed by atoms with Gasteiger partial charge in [-0.3, -0.25) is 4.57 Å². The molecular weight excluding hydrogens is 400 g/mol. The SMILES string of the molecule is Cn1nncc1-c1ccc2nc(-c3cccnc3N)n(-c3ccc(CCl)cc3)c2n1. The third-order valence-corrected chi connectivity index (χ3v) is 5.22. The lowest BCUT2D eigenvalue weighted by atomic mass is 10.2.